The van der Waals surface area contributed by atoms with Gasteiger partial charge in [0, 0.05) is 35.3 Å². The van der Waals surface area contributed by atoms with Gasteiger partial charge in [0.2, 0.25) is 0 Å². The molecule has 1 aliphatic rings. The monoisotopic (exact) mass is 452 g/mol. The molecule has 2 aromatic carbocycles. The van der Waals surface area contributed by atoms with E-state index in [0.29, 0.717) is 12.4 Å². The summed E-state index contributed by atoms with van der Waals surface area (Å²) < 4.78 is 25.2. The molecule has 174 valence electrons. The quantitative estimate of drug-likeness (QED) is 0.596. The van der Waals surface area contributed by atoms with Crippen molar-refractivity contribution in [1.29, 1.82) is 0 Å². The first-order valence-corrected chi connectivity index (χ1v) is 11.0. The Morgan fingerprint density at radius 3 is 2.42 bits per heavy atom. The Kier molecular flexibility index (Phi) is 6.35. The van der Waals surface area contributed by atoms with Crippen molar-refractivity contribution >= 4 is 22.7 Å². The van der Waals surface area contributed by atoms with Crippen LogP contribution in [0.3, 0.4) is 0 Å². The smallest absolute Gasteiger partial charge is 0.410 e. The van der Waals surface area contributed by atoms with Gasteiger partial charge in [-0.3, -0.25) is 0 Å². The molecule has 1 aliphatic heterocycles. The Bertz CT molecular complexity index is 1130. The molecule has 1 aromatic heterocycles. The first kappa shape index (κ1) is 22.8. The Balaban J connectivity index is 1.59. The van der Waals surface area contributed by atoms with Gasteiger partial charge in [-0.25, -0.2) is 9.18 Å². The van der Waals surface area contributed by atoms with Crippen molar-refractivity contribution in [2.24, 2.45) is 0 Å². The maximum Gasteiger partial charge on any atom is 0.410 e. The minimum Gasteiger partial charge on any atom is -0.497 e. The minimum absolute atomic E-state index is 0.0237. The molecule has 7 nitrogen and oxygen atoms in total. The molecule has 0 aliphatic carbocycles. The molecule has 0 saturated carbocycles. The third-order valence-corrected chi connectivity index (χ3v) is 5.44. The summed E-state index contributed by atoms with van der Waals surface area (Å²) in [6, 6.07) is 15.2. The van der Waals surface area contributed by atoms with Gasteiger partial charge in [-0.1, -0.05) is 24.3 Å². The van der Waals surface area contributed by atoms with Crippen LogP contribution in [0.5, 0.6) is 5.75 Å². The number of rotatable bonds is 4. The average Bonchev–Trinajstić information content (AvgIpc) is 2.78. The molecule has 0 bridgehead atoms. The number of amides is 1. The summed E-state index contributed by atoms with van der Waals surface area (Å²) in [4.78, 5) is 13.9. The van der Waals surface area contributed by atoms with E-state index in [1.807, 2.05) is 48.5 Å². The van der Waals surface area contributed by atoms with Gasteiger partial charge in [0.25, 0.3) is 0 Å². The average molecular weight is 453 g/mol. The van der Waals surface area contributed by atoms with Crippen LogP contribution in [0.2, 0.25) is 0 Å². The molecule has 0 unspecified atom stereocenters. The van der Waals surface area contributed by atoms with Crippen molar-refractivity contribution in [2.75, 3.05) is 25.5 Å². The van der Waals surface area contributed by atoms with Gasteiger partial charge in [-0.15, -0.1) is 10.2 Å². The van der Waals surface area contributed by atoms with Crippen LogP contribution >= 0.6 is 0 Å². The number of benzene rings is 2. The number of likely N-dealkylation sites (tertiary alicyclic amines) is 1. The van der Waals surface area contributed by atoms with Gasteiger partial charge in [-0.05, 0) is 45.0 Å². The molecule has 1 amide bonds. The van der Waals surface area contributed by atoms with Crippen LogP contribution in [0.15, 0.2) is 48.5 Å². The Morgan fingerprint density at radius 2 is 1.76 bits per heavy atom. The lowest BCUT2D eigenvalue weighted by Gasteiger charge is -2.36. The number of aromatic nitrogens is 2. The van der Waals surface area contributed by atoms with E-state index in [2.05, 4.69) is 15.5 Å². The normalized spacial score (nSPS) is 18.8. The first-order valence-electron chi connectivity index (χ1n) is 11.0. The van der Waals surface area contributed by atoms with Crippen LogP contribution in [0.1, 0.15) is 27.2 Å². The Hall–Kier alpha value is -3.42. The van der Waals surface area contributed by atoms with Crippen molar-refractivity contribution in [3.05, 3.63) is 48.5 Å². The first-order chi connectivity index (χ1) is 15.7. The predicted octanol–water partition coefficient (Wildman–Crippen LogP) is 5.06. The van der Waals surface area contributed by atoms with Gasteiger partial charge in [0.15, 0.2) is 5.82 Å². The maximum atomic E-state index is 14.5. The summed E-state index contributed by atoms with van der Waals surface area (Å²) in [7, 11) is 1.63. The highest BCUT2D eigenvalue weighted by molar-refractivity contribution is 6.00. The highest BCUT2D eigenvalue weighted by atomic mass is 19.1. The third kappa shape index (κ3) is 5.32. The largest absolute Gasteiger partial charge is 0.497 e. The molecule has 3 aromatic rings. The van der Waals surface area contributed by atoms with Crippen molar-refractivity contribution < 1.29 is 18.7 Å². The van der Waals surface area contributed by atoms with Crippen LogP contribution in [0.25, 0.3) is 22.0 Å². The fraction of sp³-hybridized carbons (Fsp3) is 0.400. The number of ether oxygens (including phenoxy) is 2. The van der Waals surface area contributed by atoms with Crippen LogP contribution in [-0.2, 0) is 4.74 Å². The molecule has 8 heteroatoms. The Morgan fingerprint density at radius 1 is 1.06 bits per heavy atom. The van der Waals surface area contributed by atoms with Crippen molar-refractivity contribution in [3.8, 4) is 17.0 Å². The van der Waals surface area contributed by atoms with Gasteiger partial charge in [0.1, 0.15) is 23.2 Å². The zero-order chi connectivity index (χ0) is 23.6. The second kappa shape index (κ2) is 9.21. The number of carbonyl (C=O) groups is 1. The summed E-state index contributed by atoms with van der Waals surface area (Å²) in [6.07, 6.45) is -1.39. The molecule has 1 N–H and O–H groups in total. The molecule has 2 heterocycles. The topological polar surface area (TPSA) is 76.6 Å². The number of nitrogens with zero attached hydrogens (tertiary/aromatic N) is 3. The van der Waals surface area contributed by atoms with Gasteiger partial charge < -0.3 is 19.7 Å². The summed E-state index contributed by atoms with van der Waals surface area (Å²) in [5, 5.41) is 14.0. The number of anilines is 1. The number of nitrogens with one attached hydrogen (secondary N) is 1. The lowest BCUT2D eigenvalue weighted by molar-refractivity contribution is 0.0124. The number of fused-ring (bicyclic) bond motifs is 1. The highest BCUT2D eigenvalue weighted by Crippen LogP contribution is 2.31. The molecule has 1 saturated heterocycles. The molecule has 33 heavy (non-hydrogen) atoms. The SMILES string of the molecule is COc1ccc(-c2nnc(N[C@@H]3C[C@@H](F)CN(C(=O)OC(C)(C)C)C3)c3ccccc23)cc1. The molecule has 4 rings (SSSR count). The van der Waals surface area contributed by atoms with Gasteiger partial charge >= 0.3 is 6.09 Å². The van der Waals surface area contributed by atoms with Gasteiger partial charge in [-0.2, -0.15) is 0 Å². The number of alkyl halides is 1. The van der Waals surface area contributed by atoms with Crippen molar-refractivity contribution in [1.82, 2.24) is 15.1 Å². The van der Waals surface area contributed by atoms with E-state index >= 15 is 0 Å². The third-order valence-electron chi connectivity index (χ3n) is 5.44. The number of halogens is 1. The zero-order valence-electron chi connectivity index (χ0n) is 19.3. The molecular formula is C25H29FN4O3. The van der Waals surface area contributed by atoms with E-state index in [1.165, 1.54) is 4.90 Å². The lowest BCUT2D eigenvalue weighted by atomic mass is 10.0. The number of carbonyl (C=O) groups excluding carboxylic acids is 1. The van der Waals surface area contributed by atoms with Gasteiger partial charge in [0.05, 0.1) is 13.7 Å². The highest BCUT2D eigenvalue weighted by Gasteiger charge is 2.33. The van der Waals surface area contributed by atoms with Crippen LogP contribution in [0, 0.1) is 0 Å². The van der Waals surface area contributed by atoms with Crippen LogP contribution in [-0.4, -0.2) is 59.2 Å². The standard InChI is InChI=1S/C25H29FN4O3/c1-25(2,3)33-24(31)30-14-17(26)13-18(15-30)27-23-21-8-6-5-7-20(21)22(28-29-23)16-9-11-19(32-4)12-10-16/h5-12,17-18H,13-15H2,1-4H3,(H,27,29)/t17-,18-/m1/s1. The van der Waals surface area contributed by atoms with E-state index in [9.17, 15) is 9.18 Å². The van der Waals surface area contributed by atoms with E-state index in [0.717, 1.165) is 27.8 Å². The number of hydrogen-bond donors (Lipinski definition) is 1. The second-order valence-electron chi connectivity index (χ2n) is 9.23. The van der Waals surface area contributed by atoms with E-state index < -0.39 is 17.9 Å². The number of hydrogen-bond acceptors (Lipinski definition) is 6. The summed E-state index contributed by atoms with van der Waals surface area (Å²) in [5.74, 6) is 1.33. The van der Waals surface area contributed by atoms with E-state index in [4.69, 9.17) is 9.47 Å². The number of piperidine rings is 1. The number of methoxy groups -OCH3 is 1. The fourth-order valence-corrected chi connectivity index (χ4v) is 3.98. The summed E-state index contributed by atoms with van der Waals surface area (Å²) in [5.41, 5.74) is 1.03. The summed E-state index contributed by atoms with van der Waals surface area (Å²) >= 11 is 0. The molecule has 2 atom stereocenters. The Labute approximate surface area is 192 Å². The maximum absolute atomic E-state index is 14.5. The minimum atomic E-state index is -1.15. The van der Waals surface area contributed by atoms with E-state index in [1.54, 1.807) is 27.9 Å². The molecule has 0 radical (unpaired) electrons. The zero-order valence-corrected chi connectivity index (χ0v) is 19.3. The predicted molar refractivity (Wildman–Crippen MR) is 126 cm³/mol. The van der Waals surface area contributed by atoms with Crippen LogP contribution in [0.4, 0.5) is 15.0 Å². The van der Waals surface area contributed by atoms with Crippen molar-refractivity contribution in [3.63, 3.8) is 0 Å². The van der Waals surface area contributed by atoms with Crippen molar-refractivity contribution in [2.45, 2.75) is 45.0 Å². The lowest BCUT2D eigenvalue weighted by Crippen LogP contribution is -2.51. The van der Waals surface area contributed by atoms with E-state index in [-0.39, 0.29) is 19.0 Å². The molecule has 1 fully saturated rings. The van der Waals surface area contributed by atoms with Crippen LogP contribution < -0.4 is 10.1 Å². The fourth-order valence-electron chi connectivity index (χ4n) is 3.98. The molecule has 0 spiro atoms. The second-order valence-corrected chi connectivity index (χ2v) is 9.23. The summed E-state index contributed by atoms with van der Waals surface area (Å²) in [6.45, 7) is 5.73. The molecular weight excluding hydrogens is 423 g/mol.